The van der Waals surface area contributed by atoms with Gasteiger partial charge in [-0.2, -0.15) is 4.52 Å². The van der Waals surface area contributed by atoms with Crippen LogP contribution >= 0.6 is 0 Å². The number of rotatable bonds is 4. The van der Waals surface area contributed by atoms with E-state index in [-0.39, 0.29) is 17.5 Å². The molecular weight excluding hydrogens is 437 g/mol. The first-order valence-corrected chi connectivity index (χ1v) is 10.4. The van der Waals surface area contributed by atoms with Crippen LogP contribution in [0.1, 0.15) is 19.3 Å². The Morgan fingerprint density at radius 3 is 2.79 bits per heavy atom. The lowest BCUT2D eigenvalue weighted by atomic mass is 10.1. The molecule has 170 valence electrons. The van der Waals surface area contributed by atoms with E-state index in [9.17, 15) is 18.0 Å². The molecule has 1 aliphatic heterocycles. The highest BCUT2D eigenvalue weighted by Crippen LogP contribution is 2.29. The summed E-state index contributed by atoms with van der Waals surface area (Å²) >= 11 is 0. The van der Waals surface area contributed by atoms with Crippen molar-refractivity contribution in [2.24, 2.45) is 0 Å². The van der Waals surface area contributed by atoms with E-state index in [1.807, 2.05) is 24.3 Å². The monoisotopic (exact) mass is 456 g/mol. The number of halogens is 3. The van der Waals surface area contributed by atoms with Crippen molar-refractivity contribution >= 4 is 28.4 Å². The summed E-state index contributed by atoms with van der Waals surface area (Å²) < 4.78 is 43.4. The highest BCUT2D eigenvalue weighted by Gasteiger charge is 2.31. The van der Waals surface area contributed by atoms with Crippen LogP contribution in [0.25, 0.3) is 27.9 Å². The van der Waals surface area contributed by atoms with Crippen molar-refractivity contribution in [3.8, 4) is 17.1 Å². The molecule has 0 radical (unpaired) electrons. The molecule has 11 heteroatoms. The number of anilines is 1. The van der Waals surface area contributed by atoms with Crippen molar-refractivity contribution in [3.05, 3.63) is 48.5 Å². The van der Waals surface area contributed by atoms with Gasteiger partial charge < -0.3 is 15.4 Å². The molecule has 1 saturated heterocycles. The average Bonchev–Trinajstić information content (AvgIpc) is 3.13. The van der Waals surface area contributed by atoms with E-state index >= 15 is 0 Å². The molecule has 4 aromatic rings. The average molecular weight is 456 g/mol. The summed E-state index contributed by atoms with van der Waals surface area (Å²) in [5, 5.41) is 11.3. The number of hydrogen-bond acceptors (Lipinski definition) is 6. The lowest BCUT2D eigenvalue weighted by Gasteiger charge is -2.16. The zero-order valence-electron chi connectivity index (χ0n) is 17.3. The number of hydrogen-bond donors (Lipinski definition) is 2. The van der Waals surface area contributed by atoms with Gasteiger partial charge in [-0.3, -0.25) is 4.79 Å². The van der Waals surface area contributed by atoms with Gasteiger partial charge in [-0.25, -0.2) is 9.97 Å². The quantitative estimate of drug-likeness (QED) is 0.484. The maximum absolute atomic E-state index is 12.6. The third-order valence-electron chi connectivity index (χ3n) is 5.34. The zero-order valence-corrected chi connectivity index (χ0v) is 17.3. The number of nitrogens with zero attached hydrogens (tertiary/aromatic N) is 4. The van der Waals surface area contributed by atoms with Gasteiger partial charge in [0.1, 0.15) is 11.8 Å². The van der Waals surface area contributed by atoms with Gasteiger partial charge in [0.2, 0.25) is 11.9 Å². The third-order valence-corrected chi connectivity index (χ3v) is 5.34. The van der Waals surface area contributed by atoms with Crippen molar-refractivity contribution in [1.82, 2.24) is 24.9 Å². The predicted octanol–water partition coefficient (Wildman–Crippen LogP) is 3.92. The molecular formula is C22H19F3N6O2. The van der Waals surface area contributed by atoms with Crippen LogP contribution in [-0.4, -0.2) is 44.4 Å². The van der Waals surface area contributed by atoms with Gasteiger partial charge in [-0.05, 0) is 43.5 Å². The van der Waals surface area contributed by atoms with E-state index in [4.69, 9.17) is 0 Å². The fourth-order valence-electron chi connectivity index (χ4n) is 3.84. The molecule has 5 rings (SSSR count). The van der Waals surface area contributed by atoms with Gasteiger partial charge in [0, 0.05) is 17.5 Å². The van der Waals surface area contributed by atoms with Crippen LogP contribution in [0.5, 0.6) is 5.75 Å². The molecule has 3 heterocycles. The van der Waals surface area contributed by atoms with Gasteiger partial charge >= 0.3 is 6.36 Å². The molecule has 0 aliphatic carbocycles. The van der Waals surface area contributed by atoms with Crippen LogP contribution < -0.4 is 15.4 Å². The molecule has 2 aromatic carbocycles. The summed E-state index contributed by atoms with van der Waals surface area (Å²) in [5.74, 6) is 0.0459. The molecule has 8 nitrogen and oxygen atoms in total. The number of ether oxygens (including phenoxy) is 1. The van der Waals surface area contributed by atoms with Crippen LogP contribution in [0.2, 0.25) is 0 Å². The van der Waals surface area contributed by atoms with Crippen molar-refractivity contribution in [3.63, 3.8) is 0 Å². The predicted molar refractivity (Wildman–Crippen MR) is 115 cm³/mol. The Kier molecular flexibility index (Phi) is 5.23. The number of para-hydroxylation sites is 1. The van der Waals surface area contributed by atoms with Gasteiger partial charge in [-0.1, -0.05) is 24.3 Å². The molecule has 0 spiro atoms. The van der Waals surface area contributed by atoms with Gasteiger partial charge in [0.05, 0.1) is 5.52 Å². The van der Waals surface area contributed by atoms with E-state index in [1.165, 1.54) is 22.7 Å². The Morgan fingerprint density at radius 1 is 1.09 bits per heavy atom. The van der Waals surface area contributed by atoms with Crippen molar-refractivity contribution in [2.75, 3.05) is 11.9 Å². The number of carbonyl (C=O) groups is 1. The van der Waals surface area contributed by atoms with Crippen LogP contribution in [-0.2, 0) is 4.79 Å². The number of carbonyl (C=O) groups excluding carboxylic acids is 1. The van der Waals surface area contributed by atoms with Crippen LogP contribution in [0.4, 0.5) is 19.1 Å². The minimum absolute atomic E-state index is 0.118. The maximum atomic E-state index is 12.6. The van der Waals surface area contributed by atoms with E-state index in [2.05, 4.69) is 30.4 Å². The summed E-state index contributed by atoms with van der Waals surface area (Å²) in [6.45, 7) is 0.626. The fourth-order valence-corrected chi connectivity index (χ4v) is 3.84. The number of alkyl halides is 3. The van der Waals surface area contributed by atoms with Gasteiger partial charge in [0.15, 0.2) is 11.5 Å². The minimum atomic E-state index is -4.80. The third kappa shape index (κ3) is 4.38. The number of benzene rings is 2. The molecule has 1 amide bonds. The second-order valence-corrected chi connectivity index (χ2v) is 7.68. The van der Waals surface area contributed by atoms with Crippen LogP contribution in [0.3, 0.4) is 0 Å². The normalized spacial score (nSPS) is 17.1. The maximum Gasteiger partial charge on any atom is 0.573 e. The summed E-state index contributed by atoms with van der Waals surface area (Å²) in [7, 11) is 0. The highest BCUT2D eigenvalue weighted by molar-refractivity contribution is 5.93. The smallest absolute Gasteiger partial charge is 0.406 e. The molecule has 0 saturated carbocycles. The van der Waals surface area contributed by atoms with Crippen LogP contribution in [0.15, 0.2) is 48.5 Å². The van der Waals surface area contributed by atoms with Crippen molar-refractivity contribution < 1.29 is 22.7 Å². The second-order valence-electron chi connectivity index (χ2n) is 7.68. The van der Waals surface area contributed by atoms with E-state index in [0.29, 0.717) is 35.6 Å². The highest BCUT2D eigenvalue weighted by atomic mass is 19.4. The Bertz CT molecular complexity index is 1340. The Morgan fingerprint density at radius 2 is 1.94 bits per heavy atom. The summed E-state index contributed by atoms with van der Waals surface area (Å²) in [6.07, 6.45) is -2.39. The first kappa shape index (κ1) is 21.0. The zero-order chi connectivity index (χ0) is 23.0. The Hall–Kier alpha value is -3.89. The first-order chi connectivity index (χ1) is 15.9. The number of nitrogens with one attached hydrogen (secondary N) is 2. The van der Waals surface area contributed by atoms with E-state index in [1.54, 1.807) is 6.07 Å². The number of fused-ring (bicyclic) bond motifs is 3. The standard InChI is InChI=1S/C22H19F3N6O2/c23-22(24,25)33-14-7-5-6-13(12-14)18-29-19-15-8-1-2-9-16(15)27-21(31(19)30-18)28-17-10-3-4-11-26-20(17)32/h1-2,5-9,12,17H,3-4,10-11H2,(H,26,32)(H,27,28)/t17-/m1/s1. The minimum Gasteiger partial charge on any atom is -0.406 e. The molecule has 0 bridgehead atoms. The number of aromatic nitrogens is 4. The largest absolute Gasteiger partial charge is 0.573 e. The summed E-state index contributed by atoms with van der Waals surface area (Å²) in [5.41, 5.74) is 1.46. The van der Waals surface area contributed by atoms with Crippen LogP contribution in [0, 0.1) is 0 Å². The summed E-state index contributed by atoms with van der Waals surface area (Å²) in [6, 6.07) is 12.3. The Labute approximate surface area is 185 Å². The first-order valence-electron chi connectivity index (χ1n) is 10.4. The topological polar surface area (TPSA) is 93.4 Å². The SMILES string of the molecule is O=C1NCCCC[C@H]1Nc1nc2ccccc2c2nc(-c3cccc(OC(F)(F)F)c3)nn12. The van der Waals surface area contributed by atoms with Crippen molar-refractivity contribution in [2.45, 2.75) is 31.7 Å². The van der Waals surface area contributed by atoms with Gasteiger partial charge in [0.25, 0.3) is 0 Å². The molecule has 1 aliphatic rings. The molecule has 1 atom stereocenters. The fraction of sp³-hybridized carbons (Fsp3) is 0.273. The molecule has 0 unspecified atom stereocenters. The molecule has 2 N–H and O–H groups in total. The summed E-state index contributed by atoms with van der Waals surface area (Å²) in [4.78, 5) is 21.7. The molecule has 33 heavy (non-hydrogen) atoms. The Balaban J connectivity index is 1.60. The van der Waals surface area contributed by atoms with E-state index < -0.39 is 12.4 Å². The lowest BCUT2D eigenvalue weighted by Crippen LogP contribution is -2.38. The lowest BCUT2D eigenvalue weighted by molar-refractivity contribution is -0.274. The molecule has 2 aromatic heterocycles. The van der Waals surface area contributed by atoms with Gasteiger partial charge in [-0.15, -0.1) is 18.3 Å². The second kappa shape index (κ2) is 8.23. The number of amides is 1. The van der Waals surface area contributed by atoms with E-state index in [0.717, 1.165) is 18.2 Å². The molecule has 1 fully saturated rings. The van der Waals surface area contributed by atoms with Crippen molar-refractivity contribution in [1.29, 1.82) is 0 Å².